The fourth-order valence-electron chi connectivity index (χ4n) is 1.87. The van der Waals surface area contributed by atoms with E-state index in [-0.39, 0.29) is 0 Å². The normalized spacial score (nSPS) is 10.1. The Balaban J connectivity index is 2.63. The first-order valence-corrected chi connectivity index (χ1v) is 5.46. The number of pyridine rings is 1. The third kappa shape index (κ3) is 2.18. The van der Waals surface area contributed by atoms with Gasteiger partial charge >= 0.3 is 5.97 Å². The Kier molecular flexibility index (Phi) is 3.28. The molecule has 0 unspecified atom stereocenters. The second-order valence-corrected chi connectivity index (χ2v) is 3.92. The van der Waals surface area contributed by atoms with Crippen molar-refractivity contribution in [2.75, 3.05) is 7.11 Å². The predicted octanol–water partition coefficient (Wildman–Crippen LogP) is 2.76. The molecule has 0 radical (unpaired) electrons. The Bertz CT molecular complexity index is 593. The van der Waals surface area contributed by atoms with Crippen molar-refractivity contribution in [2.24, 2.45) is 0 Å². The minimum absolute atomic E-state index is 0.299. The molecule has 18 heavy (non-hydrogen) atoms. The van der Waals surface area contributed by atoms with Gasteiger partial charge in [0.05, 0.1) is 18.9 Å². The Morgan fingerprint density at radius 1 is 1.33 bits per heavy atom. The summed E-state index contributed by atoms with van der Waals surface area (Å²) in [5.74, 6) is -0.337. The highest BCUT2D eigenvalue weighted by Crippen LogP contribution is 2.27. The number of rotatable bonds is 3. The van der Waals surface area contributed by atoms with Crippen molar-refractivity contribution < 1.29 is 14.6 Å². The maximum absolute atomic E-state index is 11.3. The lowest BCUT2D eigenvalue weighted by molar-refractivity contribution is 0.0697. The van der Waals surface area contributed by atoms with E-state index in [1.807, 2.05) is 6.07 Å². The van der Waals surface area contributed by atoms with Crippen molar-refractivity contribution in [3.8, 4) is 16.9 Å². The Morgan fingerprint density at radius 2 is 2.11 bits per heavy atom. The number of methoxy groups -OCH3 is 1. The lowest BCUT2D eigenvalue weighted by Gasteiger charge is -2.09. The molecule has 0 aliphatic carbocycles. The largest absolute Gasteiger partial charge is 0.495 e. The van der Waals surface area contributed by atoms with Crippen molar-refractivity contribution >= 4 is 5.97 Å². The highest BCUT2D eigenvalue weighted by atomic mass is 16.5. The van der Waals surface area contributed by atoms with Gasteiger partial charge in [-0.2, -0.15) is 0 Å². The van der Waals surface area contributed by atoms with E-state index in [9.17, 15) is 9.90 Å². The van der Waals surface area contributed by atoms with Gasteiger partial charge in [0.25, 0.3) is 0 Å². The van der Waals surface area contributed by atoms with E-state index in [0.29, 0.717) is 16.9 Å². The maximum Gasteiger partial charge on any atom is 0.336 e. The predicted molar refractivity (Wildman–Crippen MR) is 67.9 cm³/mol. The summed E-state index contributed by atoms with van der Waals surface area (Å²) < 4.78 is 5.10. The van der Waals surface area contributed by atoms with Crippen LogP contribution in [0.15, 0.2) is 36.7 Å². The first-order valence-electron chi connectivity index (χ1n) is 5.46. The second-order valence-electron chi connectivity index (χ2n) is 3.92. The molecule has 0 bridgehead atoms. The number of carboxylic acid groups (broad SMARTS) is 1. The molecule has 1 N–H and O–H groups in total. The number of ether oxygens (including phenoxy) is 1. The first kappa shape index (κ1) is 12.1. The number of aromatic carboxylic acids is 1. The van der Waals surface area contributed by atoms with Crippen LogP contribution in [0.1, 0.15) is 15.9 Å². The summed E-state index contributed by atoms with van der Waals surface area (Å²) >= 11 is 0. The van der Waals surface area contributed by atoms with Crippen LogP contribution in [0.5, 0.6) is 5.75 Å². The highest BCUT2D eigenvalue weighted by molar-refractivity contribution is 5.97. The summed E-state index contributed by atoms with van der Waals surface area (Å²) in [5, 5.41) is 9.28. The maximum atomic E-state index is 11.3. The number of hydrogen-bond donors (Lipinski definition) is 1. The van der Waals surface area contributed by atoms with E-state index >= 15 is 0 Å². The van der Waals surface area contributed by atoms with E-state index < -0.39 is 5.97 Å². The second kappa shape index (κ2) is 4.87. The number of hydrogen-bond acceptors (Lipinski definition) is 3. The molecular formula is C14H13NO3. The van der Waals surface area contributed by atoms with Crippen LogP contribution in [0.25, 0.3) is 11.1 Å². The van der Waals surface area contributed by atoms with Gasteiger partial charge in [0, 0.05) is 11.8 Å². The molecule has 92 valence electrons. The van der Waals surface area contributed by atoms with E-state index in [0.717, 1.165) is 11.1 Å². The molecule has 0 spiro atoms. The first-order chi connectivity index (χ1) is 8.63. The van der Waals surface area contributed by atoms with E-state index in [4.69, 9.17) is 4.74 Å². The zero-order valence-corrected chi connectivity index (χ0v) is 10.2. The molecule has 0 saturated heterocycles. The molecule has 4 heteroatoms. The zero-order valence-electron chi connectivity index (χ0n) is 10.2. The Morgan fingerprint density at radius 3 is 2.78 bits per heavy atom. The van der Waals surface area contributed by atoms with Crippen LogP contribution >= 0.6 is 0 Å². The summed E-state index contributed by atoms with van der Waals surface area (Å²) in [7, 11) is 1.55. The summed E-state index contributed by atoms with van der Waals surface area (Å²) in [6.45, 7) is 1.78. The topological polar surface area (TPSA) is 59.4 Å². The van der Waals surface area contributed by atoms with E-state index in [1.54, 1.807) is 44.6 Å². The van der Waals surface area contributed by atoms with Gasteiger partial charge in [0.2, 0.25) is 0 Å². The summed E-state index contributed by atoms with van der Waals surface area (Å²) in [5.41, 5.74) is 2.40. The minimum Gasteiger partial charge on any atom is -0.495 e. The number of benzene rings is 1. The zero-order chi connectivity index (χ0) is 13.1. The molecule has 1 aromatic carbocycles. The van der Waals surface area contributed by atoms with Crippen LogP contribution in [0, 0.1) is 6.92 Å². The molecule has 2 aromatic rings. The smallest absolute Gasteiger partial charge is 0.336 e. The number of aromatic nitrogens is 1. The quantitative estimate of drug-likeness (QED) is 0.900. The van der Waals surface area contributed by atoms with Crippen molar-refractivity contribution in [3.05, 3.63) is 47.8 Å². The molecule has 0 atom stereocenters. The van der Waals surface area contributed by atoms with Crippen molar-refractivity contribution in [1.29, 1.82) is 0 Å². The van der Waals surface area contributed by atoms with Crippen LogP contribution in [0.4, 0.5) is 0 Å². The summed E-state index contributed by atoms with van der Waals surface area (Å²) in [6.07, 6.45) is 3.21. The Hall–Kier alpha value is -2.36. The highest BCUT2D eigenvalue weighted by Gasteiger charge is 2.14. The number of nitrogens with zero attached hydrogens (tertiary/aromatic N) is 1. The SMILES string of the molecule is COc1cncc(-c2cccc(C)c2C(=O)O)c1. The molecule has 0 aliphatic heterocycles. The van der Waals surface area contributed by atoms with Gasteiger partial charge in [-0.3, -0.25) is 4.98 Å². The summed E-state index contributed by atoms with van der Waals surface area (Å²) in [4.78, 5) is 15.4. The standard InChI is InChI=1S/C14H13NO3/c1-9-4-3-5-12(13(9)14(16)17)10-6-11(18-2)8-15-7-10/h3-8H,1-2H3,(H,16,17). The molecular weight excluding hydrogens is 230 g/mol. The van der Waals surface area contributed by atoms with Crippen LogP contribution in [-0.2, 0) is 0 Å². The molecule has 0 amide bonds. The average Bonchev–Trinajstić information content (AvgIpc) is 2.38. The monoisotopic (exact) mass is 243 g/mol. The van der Waals surface area contributed by atoms with Gasteiger partial charge in [-0.25, -0.2) is 4.79 Å². The summed E-state index contributed by atoms with van der Waals surface area (Å²) in [6, 6.07) is 7.15. The molecule has 4 nitrogen and oxygen atoms in total. The van der Waals surface area contributed by atoms with Crippen molar-refractivity contribution in [2.45, 2.75) is 6.92 Å². The molecule has 2 rings (SSSR count). The van der Waals surface area contributed by atoms with Gasteiger partial charge in [0.15, 0.2) is 0 Å². The van der Waals surface area contributed by atoms with Gasteiger partial charge in [-0.05, 0) is 24.1 Å². The number of carbonyl (C=O) groups is 1. The molecule has 1 heterocycles. The van der Waals surface area contributed by atoms with Gasteiger partial charge in [-0.1, -0.05) is 18.2 Å². The van der Waals surface area contributed by atoms with Gasteiger partial charge in [0.1, 0.15) is 5.75 Å². The van der Waals surface area contributed by atoms with Gasteiger partial charge < -0.3 is 9.84 Å². The van der Waals surface area contributed by atoms with Crippen LogP contribution in [0.3, 0.4) is 0 Å². The molecule has 1 aromatic heterocycles. The molecule has 0 aliphatic rings. The van der Waals surface area contributed by atoms with Crippen molar-refractivity contribution in [3.63, 3.8) is 0 Å². The number of aryl methyl sites for hydroxylation is 1. The fraction of sp³-hybridized carbons (Fsp3) is 0.143. The van der Waals surface area contributed by atoms with Crippen LogP contribution < -0.4 is 4.74 Å². The fourth-order valence-corrected chi connectivity index (χ4v) is 1.87. The molecule has 0 saturated carbocycles. The third-order valence-corrected chi connectivity index (χ3v) is 2.75. The average molecular weight is 243 g/mol. The third-order valence-electron chi connectivity index (χ3n) is 2.75. The van der Waals surface area contributed by atoms with Crippen molar-refractivity contribution in [1.82, 2.24) is 4.98 Å². The lowest BCUT2D eigenvalue weighted by Crippen LogP contribution is -2.02. The van der Waals surface area contributed by atoms with Gasteiger partial charge in [-0.15, -0.1) is 0 Å². The minimum atomic E-state index is -0.939. The number of carboxylic acids is 1. The van der Waals surface area contributed by atoms with E-state index in [1.165, 1.54) is 0 Å². The Labute approximate surface area is 105 Å². The lowest BCUT2D eigenvalue weighted by atomic mass is 9.97. The van der Waals surface area contributed by atoms with Crippen LogP contribution in [-0.4, -0.2) is 23.2 Å². The van der Waals surface area contributed by atoms with Crippen LogP contribution in [0.2, 0.25) is 0 Å². The van der Waals surface area contributed by atoms with E-state index in [2.05, 4.69) is 4.98 Å². The molecule has 0 fully saturated rings.